The van der Waals surface area contributed by atoms with Crippen LogP contribution in [0, 0.1) is 11.3 Å². The summed E-state index contributed by atoms with van der Waals surface area (Å²) in [6.07, 6.45) is 13.2. The van der Waals surface area contributed by atoms with E-state index in [-0.39, 0.29) is 0 Å². The third-order valence-electron chi connectivity index (χ3n) is 3.92. The van der Waals surface area contributed by atoms with Gasteiger partial charge in [-0.25, -0.2) is 0 Å². The van der Waals surface area contributed by atoms with Gasteiger partial charge in [-0.3, -0.25) is 0 Å². The summed E-state index contributed by atoms with van der Waals surface area (Å²) in [5.74, 6) is 1.07. The summed E-state index contributed by atoms with van der Waals surface area (Å²) in [5.41, 5.74) is 0.653. The van der Waals surface area contributed by atoms with Crippen molar-refractivity contribution in [2.24, 2.45) is 11.3 Å². The monoisotopic (exact) mass is 196 g/mol. The molecule has 0 atom stereocenters. The van der Waals surface area contributed by atoms with Crippen LogP contribution < -0.4 is 0 Å². The van der Waals surface area contributed by atoms with E-state index in [4.69, 9.17) is 0 Å². The second-order valence-corrected chi connectivity index (χ2v) is 5.96. The Hall–Kier alpha value is 0. The maximum absolute atomic E-state index is 2.43. The molecule has 0 aromatic rings. The molecule has 1 aliphatic rings. The van der Waals surface area contributed by atoms with Gasteiger partial charge < -0.3 is 0 Å². The third-order valence-corrected chi connectivity index (χ3v) is 3.92. The van der Waals surface area contributed by atoms with Crippen LogP contribution >= 0.6 is 0 Å². The summed E-state index contributed by atoms with van der Waals surface area (Å²) in [6, 6.07) is 0. The molecule has 0 amide bonds. The first kappa shape index (κ1) is 12.1. The minimum atomic E-state index is 0.653. The molecule has 0 nitrogen and oxygen atoms in total. The second-order valence-electron chi connectivity index (χ2n) is 5.96. The number of rotatable bonds is 5. The summed E-state index contributed by atoms with van der Waals surface area (Å²) in [6.45, 7) is 7.16. The Balaban J connectivity index is 2.04. The Labute approximate surface area is 90.5 Å². The van der Waals surface area contributed by atoms with Gasteiger partial charge >= 0.3 is 0 Å². The van der Waals surface area contributed by atoms with E-state index < -0.39 is 0 Å². The van der Waals surface area contributed by atoms with Gasteiger partial charge in [0.1, 0.15) is 0 Å². The zero-order chi connectivity index (χ0) is 10.4. The first-order chi connectivity index (χ1) is 6.64. The van der Waals surface area contributed by atoms with E-state index in [0.29, 0.717) is 5.41 Å². The van der Waals surface area contributed by atoms with E-state index in [9.17, 15) is 0 Å². The molecular weight excluding hydrogens is 168 g/mol. The van der Waals surface area contributed by atoms with Crippen molar-refractivity contribution in [3.8, 4) is 0 Å². The number of hydrogen-bond acceptors (Lipinski definition) is 0. The number of unbranched alkanes of at least 4 members (excludes halogenated alkanes) is 3. The molecule has 0 spiro atoms. The summed E-state index contributed by atoms with van der Waals surface area (Å²) in [4.78, 5) is 0. The predicted octanol–water partition coefficient (Wildman–Crippen LogP) is 5.17. The molecule has 0 bridgehead atoms. The van der Waals surface area contributed by atoms with Gasteiger partial charge in [-0.1, -0.05) is 52.9 Å². The van der Waals surface area contributed by atoms with Gasteiger partial charge in [0.2, 0.25) is 0 Å². The van der Waals surface area contributed by atoms with Crippen molar-refractivity contribution < 1.29 is 0 Å². The molecule has 0 saturated heterocycles. The van der Waals surface area contributed by atoms with Crippen LogP contribution in [0.3, 0.4) is 0 Å². The van der Waals surface area contributed by atoms with Crippen LogP contribution in [-0.4, -0.2) is 0 Å². The Bertz CT molecular complexity index is 136. The second kappa shape index (κ2) is 5.78. The highest BCUT2D eigenvalue weighted by molar-refractivity contribution is 4.78. The Morgan fingerprint density at radius 3 is 2.21 bits per heavy atom. The molecule has 0 heterocycles. The summed E-state index contributed by atoms with van der Waals surface area (Å²) >= 11 is 0. The minimum absolute atomic E-state index is 0.653. The van der Waals surface area contributed by atoms with Crippen molar-refractivity contribution in [1.82, 2.24) is 0 Å². The highest BCUT2D eigenvalue weighted by Gasteiger charge is 2.26. The van der Waals surface area contributed by atoms with Crippen LogP contribution in [0.25, 0.3) is 0 Å². The third kappa shape index (κ3) is 4.48. The topological polar surface area (TPSA) is 0 Å². The fourth-order valence-electron chi connectivity index (χ4n) is 2.61. The molecule has 0 heteroatoms. The molecule has 0 radical (unpaired) electrons. The van der Waals surface area contributed by atoms with E-state index in [0.717, 1.165) is 5.92 Å². The van der Waals surface area contributed by atoms with Crippen LogP contribution in [0.2, 0.25) is 0 Å². The first-order valence-electron chi connectivity index (χ1n) is 6.64. The first-order valence-corrected chi connectivity index (χ1v) is 6.64. The normalized spacial score (nSPS) is 22.5. The summed E-state index contributed by atoms with van der Waals surface area (Å²) in [7, 11) is 0. The lowest BCUT2D eigenvalue weighted by molar-refractivity contribution is 0.183. The maximum atomic E-state index is 2.43. The van der Waals surface area contributed by atoms with Crippen LogP contribution in [0.5, 0.6) is 0 Å². The Morgan fingerprint density at radius 1 is 1.00 bits per heavy atom. The molecule has 1 fully saturated rings. The van der Waals surface area contributed by atoms with E-state index in [2.05, 4.69) is 20.8 Å². The molecule has 0 aromatic heterocycles. The smallest absolute Gasteiger partial charge is 0.0354 e. The maximum Gasteiger partial charge on any atom is -0.0354 e. The fraction of sp³-hybridized carbons (Fsp3) is 1.00. The molecule has 0 unspecified atom stereocenters. The van der Waals surface area contributed by atoms with E-state index in [1.54, 1.807) is 0 Å². The Morgan fingerprint density at radius 2 is 1.64 bits per heavy atom. The highest BCUT2D eigenvalue weighted by Crippen LogP contribution is 2.39. The molecule has 0 N–H and O–H groups in total. The molecule has 14 heavy (non-hydrogen) atoms. The van der Waals surface area contributed by atoms with E-state index in [1.807, 2.05) is 0 Å². The zero-order valence-electron chi connectivity index (χ0n) is 10.4. The lowest BCUT2D eigenvalue weighted by Gasteiger charge is -2.34. The molecule has 1 aliphatic carbocycles. The van der Waals surface area contributed by atoms with Crippen LogP contribution in [-0.2, 0) is 0 Å². The van der Waals surface area contributed by atoms with Crippen LogP contribution in [0.4, 0.5) is 0 Å². The van der Waals surface area contributed by atoms with Gasteiger partial charge in [-0.2, -0.15) is 0 Å². The van der Waals surface area contributed by atoms with Crippen molar-refractivity contribution in [3.05, 3.63) is 0 Å². The molecular formula is C14H28. The lowest BCUT2D eigenvalue weighted by Crippen LogP contribution is -2.21. The zero-order valence-corrected chi connectivity index (χ0v) is 10.4. The minimum Gasteiger partial charge on any atom is -0.0654 e. The standard InChI is InChI=1S/C14H28/c1-4-5-6-7-8-13-9-11-14(2,3)12-10-13/h13H,4-12H2,1-3H3. The van der Waals surface area contributed by atoms with E-state index >= 15 is 0 Å². The van der Waals surface area contributed by atoms with Crippen LogP contribution in [0.1, 0.15) is 78.6 Å². The quantitative estimate of drug-likeness (QED) is 0.532. The fourth-order valence-corrected chi connectivity index (χ4v) is 2.61. The molecule has 1 saturated carbocycles. The van der Waals surface area contributed by atoms with Gasteiger partial charge in [0.15, 0.2) is 0 Å². The van der Waals surface area contributed by atoms with E-state index in [1.165, 1.54) is 57.8 Å². The molecule has 0 aliphatic heterocycles. The van der Waals surface area contributed by atoms with Gasteiger partial charge in [0.05, 0.1) is 0 Å². The highest BCUT2D eigenvalue weighted by atomic mass is 14.3. The molecule has 84 valence electrons. The van der Waals surface area contributed by atoms with Gasteiger partial charge in [0, 0.05) is 0 Å². The molecule has 1 rings (SSSR count). The average Bonchev–Trinajstić information content (AvgIpc) is 2.15. The van der Waals surface area contributed by atoms with Crippen LogP contribution in [0.15, 0.2) is 0 Å². The molecule has 0 aromatic carbocycles. The lowest BCUT2D eigenvalue weighted by atomic mass is 9.72. The van der Waals surface area contributed by atoms with Crippen molar-refractivity contribution in [3.63, 3.8) is 0 Å². The van der Waals surface area contributed by atoms with Crippen molar-refractivity contribution in [2.45, 2.75) is 78.6 Å². The van der Waals surface area contributed by atoms with Crippen molar-refractivity contribution in [1.29, 1.82) is 0 Å². The summed E-state index contributed by atoms with van der Waals surface area (Å²) < 4.78 is 0. The largest absolute Gasteiger partial charge is 0.0654 e. The van der Waals surface area contributed by atoms with Gasteiger partial charge in [-0.15, -0.1) is 0 Å². The SMILES string of the molecule is CCCCCCC1CCC(C)(C)CC1. The Kier molecular flexibility index (Phi) is 4.98. The van der Waals surface area contributed by atoms with Crippen molar-refractivity contribution in [2.75, 3.05) is 0 Å². The predicted molar refractivity (Wildman–Crippen MR) is 64.5 cm³/mol. The van der Waals surface area contributed by atoms with Crippen molar-refractivity contribution >= 4 is 0 Å². The average molecular weight is 196 g/mol. The van der Waals surface area contributed by atoms with Gasteiger partial charge in [0.25, 0.3) is 0 Å². The number of hydrogen-bond donors (Lipinski definition) is 0. The van der Waals surface area contributed by atoms with Gasteiger partial charge in [-0.05, 0) is 37.0 Å². The summed E-state index contributed by atoms with van der Waals surface area (Å²) in [5, 5.41) is 0.